The van der Waals surface area contributed by atoms with Crippen LogP contribution in [0.3, 0.4) is 0 Å². The van der Waals surface area contributed by atoms with Gasteiger partial charge in [-0.2, -0.15) is 0 Å². The van der Waals surface area contributed by atoms with Crippen molar-refractivity contribution in [2.75, 3.05) is 18.0 Å². The number of pyridine rings is 1. The summed E-state index contributed by atoms with van der Waals surface area (Å²) in [7, 11) is 0. The summed E-state index contributed by atoms with van der Waals surface area (Å²) in [6.07, 6.45) is 3.77. The van der Waals surface area contributed by atoms with Gasteiger partial charge in [-0.05, 0) is 48.9 Å². The number of aromatic nitrogens is 1. The molecule has 1 saturated heterocycles. The van der Waals surface area contributed by atoms with E-state index in [2.05, 4.69) is 60.2 Å². The number of carbonyl (C=O) groups is 1. The van der Waals surface area contributed by atoms with E-state index in [0.717, 1.165) is 37.3 Å². The Hall–Kier alpha value is -2.36. The van der Waals surface area contributed by atoms with Gasteiger partial charge in [0.05, 0.1) is 12.0 Å². The van der Waals surface area contributed by atoms with Crippen molar-refractivity contribution < 1.29 is 4.79 Å². The molecule has 2 atom stereocenters. The highest BCUT2D eigenvalue weighted by molar-refractivity contribution is 5.80. The van der Waals surface area contributed by atoms with E-state index in [-0.39, 0.29) is 17.9 Å². The van der Waals surface area contributed by atoms with Gasteiger partial charge in [0.15, 0.2) is 0 Å². The first-order chi connectivity index (χ1) is 12.5. The molecule has 0 bridgehead atoms. The largest absolute Gasteiger partial charge is 0.356 e. The van der Waals surface area contributed by atoms with Gasteiger partial charge in [-0.15, -0.1) is 0 Å². The molecule has 2 heterocycles. The van der Waals surface area contributed by atoms with E-state index in [4.69, 9.17) is 0 Å². The van der Waals surface area contributed by atoms with Crippen molar-refractivity contribution in [1.29, 1.82) is 0 Å². The second-order valence-corrected chi connectivity index (χ2v) is 7.52. The number of hydrogen-bond donors (Lipinski definition) is 1. The molecular formula is C22H29N3O. The summed E-state index contributed by atoms with van der Waals surface area (Å²) in [5.41, 5.74) is 2.48. The van der Waals surface area contributed by atoms with Gasteiger partial charge in [0, 0.05) is 19.3 Å². The Morgan fingerprint density at radius 2 is 1.85 bits per heavy atom. The van der Waals surface area contributed by atoms with Gasteiger partial charge in [0.2, 0.25) is 5.91 Å². The molecule has 1 amide bonds. The predicted octanol–water partition coefficient (Wildman–Crippen LogP) is 4.30. The molecule has 1 fully saturated rings. The smallest absolute Gasteiger partial charge is 0.225 e. The normalized spacial score (nSPS) is 18.6. The molecule has 1 aromatic heterocycles. The van der Waals surface area contributed by atoms with Gasteiger partial charge < -0.3 is 10.2 Å². The number of nitrogens with one attached hydrogen (secondary N) is 1. The summed E-state index contributed by atoms with van der Waals surface area (Å²) >= 11 is 0. The molecule has 2 aromatic rings. The van der Waals surface area contributed by atoms with Crippen LogP contribution in [0.25, 0.3) is 0 Å². The maximum atomic E-state index is 12.8. The highest BCUT2D eigenvalue weighted by atomic mass is 16.2. The molecule has 1 aliphatic heterocycles. The average Bonchev–Trinajstić information content (AvgIpc) is 2.68. The molecule has 1 aromatic carbocycles. The minimum atomic E-state index is 0.0168. The Morgan fingerprint density at radius 1 is 1.12 bits per heavy atom. The molecule has 4 heteroatoms. The summed E-state index contributed by atoms with van der Waals surface area (Å²) in [6.45, 7) is 8.14. The Labute approximate surface area is 156 Å². The fourth-order valence-corrected chi connectivity index (χ4v) is 3.52. The Morgan fingerprint density at radius 3 is 2.50 bits per heavy atom. The number of hydrogen-bond acceptors (Lipinski definition) is 3. The summed E-state index contributed by atoms with van der Waals surface area (Å²) < 4.78 is 0. The standard InChI is InChI=1S/C22H29N3O/c1-16(2)18-9-11-19(12-10-18)17(3)24-22(26)20-7-6-14-25(15-20)21-8-4-5-13-23-21/h4-5,8-13,16-17,20H,6-7,14-15H2,1-3H3,(H,24,26)/t17-,20-/m0/s1. The number of piperidine rings is 1. The van der Waals surface area contributed by atoms with Crippen molar-refractivity contribution in [1.82, 2.24) is 10.3 Å². The molecule has 4 nitrogen and oxygen atoms in total. The first-order valence-electron chi connectivity index (χ1n) is 9.61. The van der Waals surface area contributed by atoms with Crippen molar-refractivity contribution in [2.24, 2.45) is 5.92 Å². The van der Waals surface area contributed by atoms with Gasteiger partial charge >= 0.3 is 0 Å². The topological polar surface area (TPSA) is 45.2 Å². The minimum absolute atomic E-state index is 0.0168. The number of amides is 1. The number of rotatable bonds is 5. The number of carbonyl (C=O) groups excluding carboxylic acids is 1. The molecule has 3 rings (SSSR count). The number of anilines is 1. The first-order valence-corrected chi connectivity index (χ1v) is 9.61. The molecule has 0 saturated carbocycles. The number of nitrogens with zero attached hydrogens (tertiary/aromatic N) is 2. The third-order valence-electron chi connectivity index (χ3n) is 5.23. The second kappa shape index (κ2) is 8.35. The molecule has 0 unspecified atom stereocenters. The van der Waals surface area contributed by atoms with Gasteiger partial charge in [-0.1, -0.05) is 44.2 Å². The van der Waals surface area contributed by atoms with E-state index in [1.807, 2.05) is 24.4 Å². The lowest BCUT2D eigenvalue weighted by atomic mass is 9.95. The summed E-state index contributed by atoms with van der Waals surface area (Å²) in [6, 6.07) is 14.5. The van der Waals surface area contributed by atoms with Gasteiger partial charge in [-0.25, -0.2) is 4.98 Å². The molecule has 1 aliphatic rings. The quantitative estimate of drug-likeness (QED) is 0.873. The van der Waals surface area contributed by atoms with Crippen molar-refractivity contribution in [3.8, 4) is 0 Å². The maximum Gasteiger partial charge on any atom is 0.225 e. The van der Waals surface area contributed by atoms with Crippen LogP contribution in [0.5, 0.6) is 0 Å². The zero-order valence-corrected chi connectivity index (χ0v) is 16.0. The molecule has 138 valence electrons. The monoisotopic (exact) mass is 351 g/mol. The minimum Gasteiger partial charge on any atom is -0.356 e. The summed E-state index contributed by atoms with van der Waals surface area (Å²) in [4.78, 5) is 19.4. The lowest BCUT2D eigenvalue weighted by Crippen LogP contribution is -2.44. The molecule has 0 radical (unpaired) electrons. The highest BCUT2D eigenvalue weighted by Crippen LogP contribution is 2.23. The van der Waals surface area contributed by atoms with E-state index in [1.54, 1.807) is 0 Å². The molecular weight excluding hydrogens is 322 g/mol. The van der Waals surface area contributed by atoms with E-state index in [1.165, 1.54) is 5.56 Å². The maximum absolute atomic E-state index is 12.8. The van der Waals surface area contributed by atoms with Gasteiger partial charge in [-0.3, -0.25) is 4.79 Å². The molecule has 0 aliphatic carbocycles. The van der Waals surface area contributed by atoms with Crippen molar-refractivity contribution in [3.05, 3.63) is 59.8 Å². The van der Waals surface area contributed by atoms with Crippen LogP contribution < -0.4 is 10.2 Å². The number of benzene rings is 1. The Bertz CT molecular complexity index is 712. The van der Waals surface area contributed by atoms with Crippen LogP contribution in [0.1, 0.15) is 56.7 Å². The summed E-state index contributed by atoms with van der Waals surface area (Å²) in [5, 5.41) is 3.20. The SMILES string of the molecule is CC(C)c1ccc([C@H](C)NC(=O)[C@H]2CCCN(c3ccccn3)C2)cc1. The van der Waals surface area contributed by atoms with Crippen LogP contribution in [-0.2, 0) is 4.79 Å². The van der Waals surface area contributed by atoms with Crippen LogP contribution in [0.2, 0.25) is 0 Å². The van der Waals surface area contributed by atoms with Gasteiger partial charge in [0.25, 0.3) is 0 Å². The van der Waals surface area contributed by atoms with Crippen LogP contribution >= 0.6 is 0 Å². The second-order valence-electron chi connectivity index (χ2n) is 7.52. The van der Waals surface area contributed by atoms with E-state index < -0.39 is 0 Å². The van der Waals surface area contributed by atoms with Crippen LogP contribution in [-0.4, -0.2) is 24.0 Å². The fraction of sp³-hybridized carbons (Fsp3) is 0.455. The van der Waals surface area contributed by atoms with Crippen molar-refractivity contribution in [3.63, 3.8) is 0 Å². The Kier molecular flexibility index (Phi) is 5.92. The van der Waals surface area contributed by atoms with Crippen LogP contribution in [0, 0.1) is 5.92 Å². The van der Waals surface area contributed by atoms with E-state index in [0.29, 0.717) is 5.92 Å². The molecule has 26 heavy (non-hydrogen) atoms. The first kappa shape index (κ1) is 18.4. The molecule has 0 spiro atoms. The summed E-state index contributed by atoms with van der Waals surface area (Å²) in [5.74, 6) is 1.64. The van der Waals surface area contributed by atoms with Crippen molar-refractivity contribution >= 4 is 11.7 Å². The lowest BCUT2D eigenvalue weighted by molar-refractivity contribution is -0.125. The zero-order valence-electron chi connectivity index (χ0n) is 16.0. The molecule has 1 N–H and O–H groups in total. The lowest BCUT2D eigenvalue weighted by Gasteiger charge is -2.33. The third-order valence-corrected chi connectivity index (χ3v) is 5.23. The van der Waals surface area contributed by atoms with Crippen LogP contribution in [0.15, 0.2) is 48.7 Å². The average molecular weight is 351 g/mol. The van der Waals surface area contributed by atoms with Gasteiger partial charge in [0.1, 0.15) is 5.82 Å². The van der Waals surface area contributed by atoms with E-state index in [9.17, 15) is 4.79 Å². The zero-order chi connectivity index (χ0) is 18.5. The van der Waals surface area contributed by atoms with Crippen LogP contribution in [0.4, 0.5) is 5.82 Å². The van der Waals surface area contributed by atoms with E-state index >= 15 is 0 Å². The van der Waals surface area contributed by atoms with Crippen molar-refractivity contribution in [2.45, 2.75) is 45.6 Å². The predicted molar refractivity (Wildman–Crippen MR) is 106 cm³/mol. The highest BCUT2D eigenvalue weighted by Gasteiger charge is 2.27. The third kappa shape index (κ3) is 4.43. The Balaban J connectivity index is 1.60. The fourth-order valence-electron chi connectivity index (χ4n) is 3.52.